The third-order valence-corrected chi connectivity index (χ3v) is 5.33. The molecule has 1 fully saturated rings. The van der Waals surface area contributed by atoms with Gasteiger partial charge in [0.25, 0.3) is 0 Å². The first-order valence-corrected chi connectivity index (χ1v) is 9.35. The predicted molar refractivity (Wildman–Crippen MR) is 99.5 cm³/mol. The summed E-state index contributed by atoms with van der Waals surface area (Å²) in [6.07, 6.45) is -4.08. The van der Waals surface area contributed by atoms with Crippen molar-refractivity contribution in [2.45, 2.75) is 24.9 Å². The van der Waals surface area contributed by atoms with E-state index in [1.54, 1.807) is 25.1 Å². The molecule has 2 amide bonds. The topological polar surface area (TPSA) is 49.4 Å². The highest BCUT2D eigenvalue weighted by Crippen LogP contribution is 2.42. The summed E-state index contributed by atoms with van der Waals surface area (Å²) < 4.78 is 38.3. The summed E-state index contributed by atoms with van der Waals surface area (Å²) in [7, 11) is 0. The summed E-state index contributed by atoms with van der Waals surface area (Å²) in [5.74, 6) is -0.0632. The van der Waals surface area contributed by atoms with Gasteiger partial charge in [0.2, 0.25) is 11.8 Å². The molecule has 1 saturated heterocycles. The monoisotopic (exact) mass is 394 g/mol. The largest absolute Gasteiger partial charge is 0.416 e. The smallest absolute Gasteiger partial charge is 0.326 e. The number of halogens is 3. The lowest BCUT2D eigenvalue weighted by Crippen LogP contribution is -2.28. The Morgan fingerprint density at radius 3 is 2.56 bits per heavy atom. The summed E-state index contributed by atoms with van der Waals surface area (Å²) in [6, 6.07) is 11.7. The van der Waals surface area contributed by atoms with E-state index in [0.29, 0.717) is 17.8 Å². The van der Waals surface area contributed by atoms with Crippen molar-refractivity contribution in [2.24, 2.45) is 0 Å². The van der Waals surface area contributed by atoms with Crippen molar-refractivity contribution in [1.82, 2.24) is 0 Å². The zero-order chi connectivity index (χ0) is 19.6. The predicted octanol–water partition coefficient (Wildman–Crippen LogP) is 4.83. The number of hydrogen-bond donors (Lipinski definition) is 1. The van der Waals surface area contributed by atoms with Crippen LogP contribution in [0.25, 0.3) is 0 Å². The van der Waals surface area contributed by atoms with Crippen molar-refractivity contribution in [3.8, 4) is 0 Å². The lowest BCUT2D eigenvalue weighted by atomic mass is 10.1. The molecule has 2 aromatic carbocycles. The van der Waals surface area contributed by atoms with Crippen molar-refractivity contribution in [3.05, 3.63) is 59.7 Å². The van der Waals surface area contributed by atoms with Crippen LogP contribution in [0.4, 0.5) is 24.5 Å². The SMILES string of the molecule is CCC(=O)Nc1cccc(C2SCC(=O)N2c2ccc(C(F)(F)F)cc2)c1. The lowest BCUT2D eigenvalue weighted by molar-refractivity contribution is -0.137. The third-order valence-electron chi connectivity index (χ3n) is 4.12. The molecule has 0 aliphatic carbocycles. The number of thioether (sulfide) groups is 1. The molecule has 0 radical (unpaired) electrons. The van der Waals surface area contributed by atoms with Gasteiger partial charge in [0.15, 0.2) is 0 Å². The van der Waals surface area contributed by atoms with E-state index in [1.807, 2.05) is 6.07 Å². The van der Waals surface area contributed by atoms with E-state index in [2.05, 4.69) is 5.32 Å². The van der Waals surface area contributed by atoms with Gasteiger partial charge < -0.3 is 5.32 Å². The van der Waals surface area contributed by atoms with Crippen LogP contribution in [-0.4, -0.2) is 17.6 Å². The molecule has 1 heterocycles. The Morgan fingerprint density at radius 2 is 1.93 bits per heavy atom. The Bertz CT molecular complexity index is 853. The van der Waals surface area contributed by atoms with Crippen molar-refractivity contribution >= 4 is 35.0 Å². The minimum atomic E-state index is -4.42. The fourth-order valence-electron chi connectivity index (χ4n) is 2.78. The van der Waals surface area contributed by atoms with Gasteiger partial charge in [-0.2, -0.15) is 13.2 Å². The van der Waals surface area contributed by atoms with Crippen LogP contribution in [0.3, 0.4) is 0 Å². The number of hydrogen-bond acceptors (Lipinski definition) is 3. The normalized spacial score (nSPS) is 17.3. The van der Waals surface area contributed by atoms with E-state index in [4.69, 9.17) is 0 Å². The van der Waals surface area contributed by atoms with Gasteiger partial charge in [0.05, 0.1) is 11.3 Å². The maximum absolute atomic E-state index is 12.8. The van der Waals surface area contributed by atoms with Gasteiger partial charge in [-0.1, -0.05) is 19.1 Å². The number of carbonyl (C=O) groups excluding carboxylic acids is 2. The van der Waals surface area contributed by atoms with E-state index in [9.17, 15) is 22.8 Å². The van der Waals surface area contributed by atoms with Crippen LogP contribution in [0.1, 0.15) is 29.8 Å². The molecular formula is C19H17F3N2O2S. The van der Waals surface area contributed by atoms with Crippen molar-refractivity contribution in [2.75, 3.05) is 16.0 Å². The number of benzene rings is 2. The second-order valence-corrected chi connectivity index (χ2v) is 7.07. The summed E-state index contributed by atoms with van der Waals surface area (Å²) in [6.45, 7) is 1.75. The maximum Gasteiger partial charge on any atom is 0.416 e. The van der Waals surface area contributed by atoms with Gasteiger partial charge >= 0.3 is 6.18 Å². The molecule has 8 heteroatoms. The van der Waals surface area contributed by atoms with Crippen molar-refractivity contribution in [3.63, 3.8) is 0 Å². The van der Waals surface area contributed by atoms with Gasteiger partial charge in [0.1, 0.15) is 5.37 Å². The highest BCUT2D eigenvalue weighted by atomic mass is 32.2. The molecule has 1 unspecified atom stereocenters. The Labute approximate surface area is 158 Å². The van der Waals surface area contributed by atoms with E-state index in [-0.39, 0.29) is 22.9 Å². The number of alkyl halides is 3. The van der Waals surface area contributed by atoms with E-state index < -0.39 is 11.7 Å². The fourth-order valence-corrected chi connectivity index (χ4v) is 3.95. The Balaban J connectivity index is 1.89. The number of anilines is 2. The van der Waals surface area contributed by atoms with Gasteiger partial charge in [0, 0.05) is 17.8 Å². The highest BCUT2D eigenvalue weighted by Gasteiger charge is 2.35. The third kappa shape index (κ3) is 4.27. The molecular weight excluding hydrogens is 377 g/mol. The van der Waals surface area contributed by atoms with E-state index in [1.165, 1.54) is 28.8 Å². The van der Waals surface area contributed by atoms with Crippen LogP contribution >= 0.6 is 11.8 Å². The summed E-state index contributed by atoms with van der Waals surface area (Å²) in [5, 5.41) is 2.40. The number of nitrogens with zero attached hydrogens (tertiary/aromatic N) is 1. The Morgan fingerprint density at radius 1 is 1.22 bits per heavy atom. The first kappa shape index (κ1) is 19.3. The molecule has 142 valence electrons. The van der Waals surface area contributed by atoms with Crippen LogP contribution in [0.15, 0.2) is 48.5 Å². The standard InChI is InChI=1S/C19H17F3N2O2S/c1-2-16(25)23-14-5-3-4-12(10-14)18-24(17(26)11-27-18)15-8-6-13(7-9-15)19(20,21)22/h3-10,18H,2,11H2,1H3,(H,23,25). The number of rotatable bonds is 4. The summed E-state index contributed by atoms with van der Waals surface area (Å²) in [5.41, 5.74) is 1.06. The molecule has 1 aliphatic rings. The molecule has 2 aromatic rings. The maximum atomic E-state index is 12.8. The molecule has 0 aromatic heterocycles. The van der Waals surface area contributed by atoms with Crippen LogP contribution in [0.5, 0.6) is 0 Å². The average molecular weight is 394 g/mol. The first-order chi connectivity index (χ1) is 12.8. The molecule has 1 aliphatic heterocycles. The molecule has 1 atom stereocenters. The van der Waals surface area contributed by atoms with Crippen molar-refractivity contribution < 1.29 is 22.8 Å². The Hall–Kier alpha value is -2.48. The Kier molecular flexibility index (Phi) is 5.46. The summed E-state index contributed by atoms with van der Waals surface area (Å²) in [4.78, 5) is 25.4. The minimum absolute atomic E-state index is 0.123. The van der Waals surface area contributed by atoms with Gasteiger partial charge in [-0.05, 0) is 42.0 Å². The number of amides is 2. The fraction of sp³-hybridized carbons (Fsp3) is 0.263. The van der Waals surface area contributed by atoms with Crippen LogP contribution < -0.4 is 10.2 Å². The van der Waals surface area contributed by atoms with Crippen LogP contribution in [0, 0.1) is 0 Å². The second-order valence-electron chi connectivity index (χ2n) is 6.00. The van der Waals surface area contributed by atoms with Crippen molar-refractivity contribution in [1.29, 1.82) is 0 Å². The zero-order valence-electron chi connectivity index (χ0n) is 14.4. The first-order valence-electron chi connectivity index (χ1n) is 8.30. The van der Waals surface area contributed by atoms with Crippen LogP contribution in [-0.2, 0) is 15.8 Å². The van der Waals surface area contributed by atoms with Gasteiger partial charge in [-0.15, -0.1) is 11.8 Å². The molecule has 1 N–H and O–H groups in total. The van der Waals surface area contributed by atoms with Gasteiger partial charge in [-0.25, -0.2) is 0 Å². The molecule has 3 rings (SSSR count). The molecule has 27 heavy (non-hydrogen) atoms. The van der Waals surface area contributed by atoms with E-state index in [0.717, 1.165) is 17.7 Å². The number of carbonyl (C=O) groups is 2. The van der Waals surface area contributed by atoms with E-state index >= 15 is 0 Å². The zero-order valence-corrected chi connectivity index (χ0v) is 15.2. The van der Waals surface area contributed by atoms with Crippen LogP contribution in [0.2, 0.25) is 0 Å². The highest BCUT2D eigenvalue weighted by molar-refractivity contribution is 8.00. The average Bonchev–Trinajstić information content (AvgIpc) is 3.02. The lowest BCUT2D eigenvalue weighted by Gasteiger charge is -2.25. The molecule has 0 bridgehead atoms. The molecule has 4 nitrogen and oxygen atoms in total. The quantitative estimate of drug-likeness (QED) is 0.808. The van der Waals surface area contributed by atoms with Gasteiger partial charge in [-0.3, -0.25) is 14.5 Å². The molecule has 0 saturated carbocycles. The minimum Gasteiger partial charge on any atom is -0.326 e. The number of nitrogens with one attached hydrogen (secondary N) is 1. The second kappa shape index (κ2) is 7.64. The summed E-state index contributed by atoms with van der Waals surface area (Å²) >= 11 is 1.39. The molecule has 0 spiro atoms.